The second kappa shape index (κ2) is 7.18. The molecule has 0 amide bonds. The smallest absolute Gasteiger partial charge is 0.259 e. The Hall–Kier alpha value is -2.23. The highest BCUT2D eigenvalue weighted by atomic mass is 32.2. The number of thiophene rings is 2. The molecule has 0 bridgehead atoms. The van der Waals surface area contributed by atoms with Crippen LogP contribution in [0.2, 0.25) is 0 Å². The van der Waals surface area contributed by atoms with Crippen molar-refractivity contribution in [2.24, 2.45) is 0 Å². The van der Waals surface area contributed by atoms with E-state index in [1.165, 1.54) is 11.8 Å². The molecule has 2 N–H and O–H groups in total. The van der Waals surface area contributed by atoms with Crippen molar-refractivity contribution in [1.29, 1.82) is 0 Å². The van der Waals surface area contributed by atoms with Crippen LogP contribution in [0, 0.1) is 13.8 Å². The molecule has 0 radical (unpaired) electrons. The van der Waals surface area contributed by atoms with Gasteiger partial charge in [-0.05, 0) is 43.0 Å². The van der Waals surface area contributed by atoms with Crippen LogP contribution in [0.25, 0.3) is 22.4 Å². The average molecular weight is 402 g/mol. The number of aromatic amines is 2. The monoisotopic (exact) mass is 401 g/mol. The minimum Gasteiger partial charge on any atom is -0.309 e. The molecule has 9 heteroatoms. The molecule has 26 heavy (non-hydrogen) atoms. The second-order valence-corrected chi connectivity index (χ2v) is 8.74. The SMILES string of the molecule is Cc1sc2nc(CSc3n[nH]c(/C=C/c4cccs4)n3)[nH]c(=O)c2c1C. The second-order valence-electron chi connectivity index (χ2n) is 5.62. The van der Waals surface area contributed by atoms with Crippen molar-refractivity contribution < 1.29 is 0 Å². The van der Waals surface area contributed by atoms with E-state index in [4.69, 9.17) is 0 Å². The number of nitrogens with zero attached hydrogens (tertiary/aromatic N) is 3. The van der Waals surface area contributed by atoms with Gasteiger partial charge in [-0.1, -0.05) is 17.8 Å². The Kier molecular flexibility index (Phi) is 4.75. The van der Waals surface area contributed by atoms with E-state index in [2.05, 4.69) is 25.1 Å². The van der Waals surface area contributed by atoms with Gasteiger partial charge in [0.15, 0.2) is 0 Å². The summed E-state index contributed by atoms with van der Waals surface area (Å²) in [6.45, 7) is 3.97. The molecule has 0 saturated carbocycles. The third-order valence-corrected chi connectivity index (χ3v) is 6.65. The summed E-state index contributed by atoms with van der Waals surface area (Å²) >= 11 is 4.65. The van der Waals surface area contributed by atoms with Gasteiger partial charge in [0.05, 0.1) is 11.1 Å². The maximum atomic E-state index is 12.3. The first kappa shape index (κ1) is 17.2. The van der Waals surface area contributed by atoms with Gasteiger partial charge in [-0.15, -0.1) is 27.8 Å². The third kappa shape index (κ3) is 3.50. The van der Waals surface area contributed by atoms with E-state index in [1.54, 1.807) is 22.7 Å². The van der Waals surface area contributed by atoms with Gasteiger partial charge in [-0.2, -0.15) is 0 Å². The van der Waals surface area contributed by atoms with Crippen LogP contribution in [0.4, 0.5) is 0 Å². The quantitative estimate of drug-likeness (QED) is 0.488. The van der Waals surface area contributed by atoms with Crippen molar-refractivity contribution in [1.82, 2.24) is 25.1 Å². The highest BCUT2D eigenvalue weighted by Crippen LogP contribution is 2.26. The Morgan fingerprint density at radius 3 is 2.96 bits per heavy atom. The Morgan fingerprint density at radius 2 is 2.15 bits per heavy atom. The number of thioether (sulfide) groups is 1. The minimum absolute atomic E-state index is 0.0815. The van der Waals surface area contributed by atoms with Crippen LogP contribution in [0.5, 0.6) is 0 Å². The highest BCUT2D eigenvalue weighted by Gasteiger charge is 2.12. The number of H-pyrrole nitrogens is 2. The van der Waals surface area contributed by atoms with Crippen molar-refractivity contribution in [2.75, 3.05) is 0 Å². The molecule has 0 fully saturated rings. The lowest BCUT2D eigenvalue weighted by molar-refractivity contribution is 0.965. The summed E-state index contributed by atoms with van der Waals surface area (Å²) in [5.41, 5.74) is 0.927. The molecule has 132 valence electrons. The van der Waals surface area contributed by atoms with Crippen molar-refractivity contribution in [3.05, 3.63) is 54.8 Å². The molecule has 0 saturated heterocycles. The van der Waals surface area contributed by atoms with Gasteiger partial charge in [0, 0.05) is 9.75 Å². The number of aromatic nitrogens is 5. The van der Waals surface area contributed by atoms with Crippen molar-refractivity contribution in [2.45, 2.75) is 24.8 Å². The maximum Gasteiger partial charge on any atom is 0.259 e. The summed E-state index contributed by atoms with van der Waals surface area (Å²) in [5, 5.41) is 10.4. The normalized spacial score (nSPS) is 11.8. The molecule has 0 unspecified atom stereocenters. The molecule has 0 atom stereocenters. The largest absolute Gasteiger partial charge is 0.309 e. The zero-order chi connectivity index (χ0) is 18.1. The lowest BCUT2D eigenvalue weighted by atomic mass is 10.2. The van der Waals surface area contributed by atoms with E-state index in [0.29, 0.717) is 27.9 Å². The fourth-order valence-electron chi connectivity index (χ4n) is 2.44. The zero-order valence-electron chi connectivity index (χ0n) is 14.1. The van der Waals surface area contributed by atoms with Gasteiger partial charge in [-0.3, -0.25) is 9.89 Å². The van der Waals surface area contributed by atoms with Crippen LogP contribution in [0.15, 0.2) is 27.5 Å². The summed E-state index contributed by atoms with van der Waals surface area (Å²) in [4.78, 5) is 27.2. The van der Waals surface area contributed by atoms with Crippen LogP contribution in [0.1, 0.15) is 27.0 Å². The third-order valence-electron chi connectivity index (χ3n) is 3.86. The van der Waals surface area contributed by atoms with E-state index < -0.39 is 0 Å². The molecule has 0 aliphatic rings. The molecule has 6 nitrogen and oxygen atoms in total. The van der Waals surface area contributed by atoms with E-state index >= 15 is 0 Å². The molecule has 4 heterocycles. The van der Waals surface area contributed by atoms with Gasteiger partial charge in [0.2, 0.25) is 5.16 Å². The number of aryl methyl sites for hydroxylation is 2. The highest BCUT2D eigenvalue weighted by molar-refractivity contribution is 7.98. The van der Waals surface area contributed by atoms with Crippen LogP contribution >= 0.6 is 34.4 Å². The lowest BCUT2D eigenvalue weighted by Crippen LogP contribution is -2.10. The van der Waals surface area contributed by atoms with Crippen LogP contribution < -0.4 is 5.56 Å². The molecule has 4 rings (SSSR count). The van der Waals surface area contributed by atoms with Gasteiger partial charge in [0.1, 0.15) is 16.5 Å². The van der Waals surface area contributed by atoms with Crippen LogP contribution in [-0.4, -0.2) is 25.1 Å². The van der Waals surface area contributed by atoms with Crippen LogP contribution in [-0.2, 0) is 5.75 Å². The first-order valence-electron chi connectivity index (χ1n) is 7.86. The topological polar surface area (TPSA) is 87.3 Å². The summed E-state index contributed by atoms with van der Waals surface area (Å²) in [6.07, 6.45) is 3.89. The summed E-state index contributed by atoms with van der Waals surface area (Å²) < 4.78 is 0. The van der Waals surface area contributed by atoms with Crippen molar-refractivity contribution in [3.8, 4) is 0 Å². The Balaban J connectivity index is 1.48. The van der Waals surface area contributed by atoms with Crippen LogP contribution in [0.3, 0.4) is 0 Å². The van der Waals surface area contributed by atoms with Crippen molar-refractivity contribution >= 4 is 56.8 Å². The van der Waals surface area contributed by atoms with Gasteiger partial charge in [-0.25, -0.2) is 9.97 Å². The van der Waals surface area contributed by atoms with E-state index in [9.17, 15) is 4.79 Å². The van der Waals surface area contributed by atoms with Gasteiger partial charge < -0.3 is 4.98 Å². The summed E-state index contributed by atoms with van der Waals surface area (Å²) in [5.74, 6) is 1.84. The van der Waals surface area contributed by atoms with E-state index in [0.717, 1.165) is 20.1 Å². The lowest BCUT2D eigenvalue weighted by Gasteiger charge is -1.98. The fraction of sp³-hybridized carbons (Fsp3) is 0.176. The average Bonchev–Trinajstić information content (AvgIpc) is 3.33. The molecular weight excluding hydrogens is 386 g/mol. The number of fused-ring (bicyclic) bond motifs is 1. The number of hydrogen-bond donors (Lipinski definition) is 2. The van der Waals surface area contributed by atoms with E-state index in [1.807, 2.05) is 43.5 Å². The number of rotatable bonds is 5. The first-order valence-corrected chi connectivity index (χ1v) is 10.5. The van der Waals surface area contributed by atoms with Gasteiger partial charge in [0.25, 0.3) is 5.56 Å². The fourth-order valence-corrected chi connectivity index (χ4v) is 4.79. The molecule has 4 aromatic heterocycles. The Bertz CT molecular complexity index is 1140. The Morgan fingerprint density at radius 1 is 1.27 bits per heavy atom. The zero-order valence-corrected chi connectivity index (χ0v) is 16.5. The molecule has 0 spiro atoms. The molecule has 0 aliphatic carbocycles. The van der Waals surface area contributed by atoms with Crippen molar-refractivity contribution in [3.63, 3.8) is 0 Å². The molecule has 0 aromatic carbocycles. The predicted molar refractivity (Wildman–Crippen MR) is 109 cm³/mol. The maximum absolute atomic E-state index is 12.3. The molecule has 0 aliphatic heterocycles. The van der Waals surface area contributed by atoms with Gasteiger partial charge >= 0.3 is 0 Å². The molecular formula is C17H15N5OS3. The first-order chi connectivity index (χ1) is 12.6. The predicted octanol–water partition coefficient (Wildman–Crippen LogP) is 4.24. The summed E-state index contributed by atoms with van der Waals surface area (Å²) in [6, 6.07) is 4.05. The Labute approximate surface area is 161 Å². The summed E-state index contributed by atoms with van der Waals surface area (Å²) in [7, 11) is 0. The number of nitrogens with one attached hydrogen (secondary N) is 2. The standard InChI is InChI=1S/C17H15N5OS3/c1-9-10(2)26-16-14(9)15(23)18-13(19-16)8-25-17-20-12(21-22-17)6-5-11-4-3-7-24-11/h3-7H,8H2,1-2H3,(H,18,19,23)(H,20,21,22)/b6-5+. The number of hydrogen-bond acceptors (Lipinski definition) is 7. The van der Waals surface area contributed by atoms with E-state index in [-0.39, 0.29) is 5.56 Å². The molecule has 4 aromatic rings. The minimum atomic E-state index is -0.0815.